The molecule has 0 heterocycles. The lowest BCUT2D eigenvalue weighted by Crippen LogP contribution is -1.87. The summed E-state index contributed by atoms with van der Waals surface area (Å²) in [4.78, 5) is 0. The van der Waals surface area contributed by atoms with Crippen LogP contribution in [0.25, 0.3) is 0 Å². The number of hydrogen-bond acceptors (Lipinski definition) is 2. The number of ether oxygens (including phenoxy) is 1. The van der Waals surface area contributed by atoms with Crippen LogP contribution in [-0.2, 0) is 5.33 Å². The molecular weight excluding hydrogens is 314 g/mol. The molecule has 0 amide bonds. The van der Waals surface area contributed by atoms with Crippen molar-refractivity contribution in [2.45, 2.75) is 5.33 Å². The van der Waals surface area contributed by atoms with Crippen LogP contribution in [0.1, 0.15) is 11.1 Å². The highest BCUT2D eigenvalue weighted by Crippen LogP contribution is 2.30. The molecule has 0 aliphatic heterocycles. The Kier molecular flexibility index (Phi) is 4.24. The Labute approximate surface area is 119 Å². The lowest BCUT2D eigenvalue weighted by molar-refractivity contribution is 0.483. The van der Waals surface area contributed by atoms with Crippen molar-refractivity contribution >= 4 is 27.5 Å². The van der Waals surface area contributed by atoms with E-state index in [1.165, 1.54) is 0 Å². The Morgan fingerprint density at radius 3 is 2.44 bits per heavy atom. The van der Waals surface area contributed by atoms with Crippen LogP contribution < -0.4 is 4.74 Å². The molecule has 0 fully saturated rings. The van der Waals surface area contributed by atoms with Crippen LogP contribution in [0.15, 0.2) is 42.5 Å². The SMILES string of the molecule is N#Cc1ccc(Oc2ccc(CBr)cc2Cl)cc1. The zero-order chi connectivity index (χ0) is 13.0. The average molecular weight is 323 g/mol. The van der Waals surface area contributed by atoms with Crippen molar-refractivity contribution in [1.29, 1.82) is 5.26 Å². The number of nitrogens with zero attached hydrogens (tertiary/aromatic N) is 1. The second-order valence-corrected chi connectivity index (χ2v) is 4.60. The molecule has 18 heavy (non-hydrogen) atoms. The van der Waals surface area contributed by atoms with Crippen LogP contribution in [0.2, 0.25) is 5.02 Å². The predicted octanol–water partition coefficient (Wildman–Crippen LogP) is 4.90. The minimum atomic E-state index is 0.566. The highest BCUT2D eigenvalue weighted by Gasteiger charge is 2.04. The molecular formula is C14H9BrClNO. The number of nitriles is 1. The van der Waals surface area contributed by atoms with Crippen molar-refractivity contribution in [2.24, 2.45) is 0 Å². The van der Waals surface area contributed by atoms with Crippen LogP contribution in [0.3, 0.4) is 0 Å². The summed E-state index contributed by atoms with van der Waals surface area (Å²) in [6.45, 7) is 0. The van der Waals surface area contributed by atoms with Gasteiger partial charge in [0.15, 0.2) is 0 Å². The summed E-state index contributed by atoms with van der Waals surface area (Å²) in [6.07, 6.45) is 0. The maximum atomic E-state index is 8.70. The molecule has 2 nitrogen and oxygen atoms in total. The Bertz CT molecular complexity index is 590. The van der Waals surface area contributed by atoms with E-state index in [0.29, 0.717) is 22.1 Å². The molecule has 0 atom stereocenters. The molecule has 2 aromatic rings. The van der Waals surface area contributed by atoms with Gasteiger partial charge in [0.05, 0.1) is 16.7 Å². The van der Waals surface area contributed by atoms with E-state index in [2.05, 4.69) is 22.0 Å². The number of halogens is 2. The molecule has 0 bridgehead atoms. The van der Waals surface area contributed by atoms with Crippen molar-refractivity contribution in [3.05, 3.63) is 58.6 Å². The van der Waals surface area contributed by atoms with E-state index >= 15 is 0 Å². The van der Waals surface area contributed by atoms with Crippen molar-refractivity contribution in [3.8, 4) is 17.6 Å². The molecule has 90 valence electrons. The second kappa shape index (κ2) is 5.90. The first-order valence-electron chi connectivity index (χ1n) is 5.25. The van der Waals surface area contributed by atoms with Gasteiger partial charge in [0.1, 0.15) is 11.5 Å². The van der Waals surface area contributed by atoms with Crippen molar-refractivity contribution < 1.29 is 4.74 Å². The summed E-state index contributed by atoms with van der Waals surface area (Å²) in [7, 11) is 0. The highest BCUT2D eigenvalue weighted by molar-refractivity contribution is 9.08. The van der Waals surface area contributed by atoms with Gasteiger partial charge in [0.2, 0.25) is 0 Å². The number of hydrogen-bond donors (Lipinski definition) is 0. The maximum absolute atomic E-state index is 8.70. The molecule has 0 saturated carbocycles. The Hall–Kier alpha value is -1.50. The van der Waals surface area contributed by atoms with Gasteiger partial charge in [-0.15, -0.1) is 0 Å². The number of rotatable bonds is 3. The Morgan fingerprint density at radius 2 is 1.89 bits per heavy atom. The fourth-order valence-electron chi connectivity index (χ4n) is 1.43. The zero-order valence-corrected chi connectivity index (χ0v) is 11.7. The van der Waals surface area contributed by atoms with Crippen LogP contribution in [0, 0.1) is 11.3 Å². The molecule has 0 aliphatic carbocycles. The highest BCUT2D eigenvalue weighted by atomic mass is 79.9. The van der Waals surface area contributed by atoms with Crippen LogP contribution in [-0.4, -0.2) is 0 Å². The fraction of sp³-hybridized carbons (Fsp3) is 0.0714. The van der Waals surface area contributed by atoms with E-state index in [9.17, 15) is 0 Å². The van der Waals surface area contributed by atoms with Gasteiger partial charge in [0.25, 0.3) is 0 Å². The molecule has 0 aromatic heterocycles. The first kappa shape index (κ1) is 12.9. The van der Waals surface area contributed by atoms with E-state index in [1.807, 2.05) is 18.2 Å². The number of benzene rings is 2. The normalized spacial score (nSPS) is 9.83. The van der Waals surface area contributed by atoms with E-state index in [0.717, 1.165) is 10.9 Å². The van der Waals surface area contributed by atoms with Crippen LogP contribution in [0.4, 0.5) is 0 Å². The Balaban J connectivity index is 2.20. The van der Waals surface area contributed by atoms with Gasteiger partial charge in [-0.05, 0) is 42.0 Å². The van der Waals surface area contributed by atoms with E-state index in [4.69, 9.17) is 21.6 Å². The molecule has 0 radical (unpaired) electrons. The standard InChI is InChI=1S/C14H9BrClNO/c15-8-11-3-6-14(13(16)7-11)18-12-4-1-10(9-17)2-5-12/h1-7H,8H2. The summed E-state index contributed by atoms with van der Waals surface area (Å²) >= 11 is 9.49. The van der Waals surface area contributed by atoms with E-state index < -0.39 is 0 Å². The summed E-state index contributed by atoms with van der Waals surface area (Å²) in [5.41, 5.74) is 1.69. The molecule has 4 heteroatoms. The first-order valence-corrected chi connectivity index (χ1v) is 6.75. The minimum Gasteiger partial charge on any atom is -0.456 e. The van der Waals surface area contributed by atoms with Gasteiger partial charge < -0.3 is 4.74 Å². The zero-order valence-electron chi connectivity index (χ0n) is 9.36. The smallest absolute Gasteiger partial charge is 0.146 e. The summed E-state index contributed by atoms with van der Waals surface area (Å²) in [6, 6.07) is 14.6. The average Bonchev–Trinajstić information content (AvgIpc) is 2.42. The van der Waals surface area contributed by atoms with Crippen LogP contribution >= 0.6 is 27.5 Å². The molecule has 2 aromatic carbocycles. The monoisotopic (exact) mass is 321 g/mol. The van der Waals surface area contributed by atoms with Crippen molar-refractivity contribution in [3.63, 3.8) is 0 Å². The number of alkyl halides is 1. The van der Waals surface area contributed by atoms with Gasteiger partial charge in [0, 0.05) is 5.33 Å². The summed E-state index contributed by atoms with van der Waals surface area (Å²) in [5, 5.41) is 10.0. The quantitative estimate of drug-likeness (QED) is 0.753. The lowest BCUT2D eigenvalue weighted by Gasteiger charge is -2.08. The molecule has 0 unspecified atom stereocenters. The molecule has 0 aliphatic rings. The topological polar surface area (TPSA) is 33.0 Å². The van der Waals surface area contributed by atoms with Gasteiger partial charge in [-0.1, -0.05) is 33.6 Å². The summed E-state index contributed by atoms with van der Waals surface area (Å²) in [5.74, 6) is 1.26. The molecule has 0 saturated heterocycles. The molecule has 0 spiro atoms. The van der Waals surface area contributed by atoms with Crippen LogP contribution in [0.5, 0.6) is 11.5 Å². The van der Waals surface area contributed by atoms with Gasteiger partial charge in [-0.25, -0.2) is 0 Å². The van der Waals surface area contributed by atoms with E-state index in [-0.39, 0.29) is 0 Å². The molecule has 2 rings (SSSR count). The third-order valence-electron chi connectivity index (χ3n) is 2.36. The van der Waals surface area contributed by atoms with Gasteiger partial charge in [-0.2, -0.15) is 5.26 Å². The second-order valence-electron chi connectivity index (χ2n) is 3.64. The third-order valence-corrected chi connectivity index (χ3v) is 3.30. The predicted molar refractivity (Wildman–Crippen MR) is 75.3 cm³/mol. The maximum Gasteiger partial charge on any atom is 0.146 e. The molecule has 0 N–H and O–H groups in total. The fourth-order valence-corrected chi connectivity index (χ4v) is 2.03. The lowest BCUT2D eigenvalue weighted by atomic mass is 10.2. The van der Waals surface area contributed by atoms with Gasteiger partial charge in [-0.3, -0.25) is 0 Å². The van der Waals surface area contributed by atoms with Crippen molar-refractivity contribution in [1.82, 2.24) is 0 Å². The first-order chi connectivity index (χ1) is 8.72. The van der Waals surface area contributed by atoms with E-state index in [1.54, 1.807) is 24.3 Å². The Morgan fingerprint density at radius 1 is 1.17 bits per heavy atom. The van der Waals surface area contributed by atoms with Gasteiger partial charge >= 0.3 is 0 Å². The largest absolute Gasteiger partial charge is 0.456 e. The third kappa shape index (κ3) is 3.04. The summed E-state index contributed by atoms with van der Waals surface area (Å²) < 4.78 is 5.65. The van der Waals surface area contributed by atoms with Crippen molar-refractivity contribution in [2.75, 3.05) is 0 Å². The minimum absolute atomic E-state index is 0.566.